The van der Waals surface area contributed by atoms with E-state index in [1.165, 1.54) is 0 Å². The average Bonchev–Trinajstić information content (AvgIpc) is 2.27. The molecule has 0 bridgehead atoms. The van der Waals surface area contributed by atoms with Gasteiger partial charge in [0.1, 0.15) is 6.61 Å². The average molecular weight is 270 g/mol. The normalized spacial score (nSPS) is 10.9. The van der Waals surface area contributed by atoms with Crippen LogP contribution in [0.1, 0.15) is 6.92 Å². The highest BCUT2D eigenvalue weighted by molar-refractivity contribution is 5.87. The summed E-state index contributed by atoms with van der Waals surface area (Å²) in [6, 6.07) is 0. The third-order valence-electron chi connectivity index (χ3n) is 1.53. The summed E-state index contributed by atoms with van der Waals surface area (Å²) in [7, 11) is 0. The second-order valence-corrected chi connectivity index (χ2v) is 3.01. The molecule has 18 heavy (non-hydrogen) atoms. The number of halogens is 3. The van der Waals surface area contributed by atoms with Gasteiger partial charge in [0.15, 0.2) is 0 Å². The Hall–Kier alpha value is -1.57. The van der Waals surface area contributed by atoms with Crippen molar-refractivity contribution >= 4 is 11.9 Å². The number of alkyl halides is 3. The minimum absolute atomic E-state index is 0.0268. The molecule has 0 radical (unpaired) electrons. The van der Waals surface area contributed by atoms with Gasteiger partial charge in [-0.1, -0.05) is 6.58 Å². The van der Waals surface area contributed by atoms with Gasteiger partial charge in [-0.15, -0.1) is 0 Å². The maximum absolute atomic E-state index is 11.7. The fraction of sp³-hybridized carbons (Fsp3) is 0.600. The van der Waals surface area contributed by atoms with Crippen LogP contribution in [0.2, 0.25) is 0 Å². The van der Waals surface area contributed by atoms with Gasteiger partial charge in [0, 0.05) is 0 Å². The number of esters is 2. The fourth-order valence-electron chi connectivity index (χ4n) is 0.763. The van der Waals surface area contributed by atoms with E-state index in [4.69, 9.17) is 4.74 Å². The molecule has 0 aromatic carbocycles. The second kappa shape index (κ2) is 7.70. The number of carbonyl (C=O) groups is 2. The van der Waals surface area contributed by atoms with Crippen LogP contribution in [0.5, 0.6) is 0 Å². The van der Waals surface area contributed by atoms with Gasteiger partial charge in [-0.25, -0.2) is 9.59 Å². The fourth-order valence-corrected chi connectivity index (χ4v) is 0.763. The summed E-state index contributed by atoms with van der Waals surface area (Å²) in [5.41, 5.74) is 0.0268. The lowest BCUT2D eigenvalue weighted by Gasteiger charge is -2.08. The van der Waals surface area contributed by atoms with Crippen LogP contribution in [0.3, 0.4) is 0 Å². The standard InChI is InChI=1S/C10H13F3O5/c1-3-17-8(14)7(2)6-16-4-5-18-9(15)10(11,12)13/h2-6H2,1H3. The molecule has 0 aromatic rings. The predicted octanol–water partition coefficient (Wildman–Crippen LogP) is 1.23. The largest absolute Gasteiger partial charge is 0.490 e. The second-order valence-electron chi connectivity index (χ2n) is 3.01. The summed E-state index contributed by atoms with van der Waals surface area (Å²) in [5, 5.41) is 0. The van der Waals surface area contributed by atoms with E-state index in [-0.39, 0.29) is 25.4 Å². The summed E-state index contributed by atoms with van der Waals surface area (Å²) in [6.07, 6.45) is -5.02. The number of hydrogen-bond acceptors (Lipinski definition) is 5. The monoisotopic (exact) mass is 270 g/mol. The first kappa shape index (κ1) is 16.4. The predicted molar refractivity (Wildman–Crippen MR) is 53.6 cm³/mol. The number of hydrogen-bond donors (Lipinski definition) is 0. The first-order valence-electron chi connectivity index (χ1n) is 4.95. The van der Waals surface area contributed by atoms with Gasteiger partial charge in [-0.3, -0.25) is 0 Å². The van der Waals surface area contributed by atoms with Crippen LogP contribution in [0.15, 0.2) is 12.2 Å². The number of ether oxygens (including phenoxy) is 3. The minimum Gasteiger partial charge on any atom is -0.463 e. The third kappa shape index (κ3) is 6.89. The van der Waals surface area contributed by atoms with E-state index in [1.54, 1.807) is 6.92 Å². The van der Waals surface area contributed by atoms with Crippen molar-refractivity contribution in [2.75, 3.05) is 26.4 Å². The summed E-state index contributed by atoms with van der Waals surface area (Å²) in [5.74, 6) is -2.93. The highest BCUT2D eigenvalue weighted by Crippen LogP contribution is 2.16. The molecule has 8 heteroatoms. The van der Waals surface area contributed by atoms with Gasteiger partial charge in [-0.05, 0) is 6.92 Å². The maximum Gasteiger partial charge on any atom is 0.490 e. The molecule has 0 spiro atoms. The zero-order valence-electron chi connectivity index (χ0n) is 9.71. The van der Waals surface area contributed by atoms with E-state index in [1.807, 2.05) is 0 Å². The molecule has 5 nitrogen and oxygen atoms in total. The molecule has 0 saturated carbocycles. The molecule has 0 aliphatic rings. The molecule has 0 saturated heterocycles. The van der Waals surface area contributed by atoms with Crippen LogP contribution in [0, 0.1) is 0 Å². The SMILES string of the molecule is C=C(COCCOC(=O)C(F)(F)F)C(=O)OCC. The molecule has 0 amide bonds. The summed E-state index contributed by atoms with van der Waals surface area (Å²) >= 11 is 0. The Bertz CT molecular complexity index is 311. The lowest BCUT2D eigenvalue weighted by atomic mass is 10.3. The van der Waals surface area contributed by atoms with Gasteiger partial charge >= 0.3 is 18.1 Å². The number of rotatable bonds is 7. The molecule has 0 rings (SSSR count). The molecule has 0 unspecified atom stereocenters. The highest BCUT2D eigenvalue weighted by atomic mass is 19.4. The van der Waals surface area contributed by atoms with Crippen LogP contribution in [-0.2, 0) is 23.8 Å². The molecule has 0 fully saturated rings. The Morgan fingerprint density at radius 1 is 1.17 bits per heavy atom. The lowest BCUT2D eigenvalue weighted by Crippen LogP contribution is -2.26. The van der Waals surface area contributed by atoms with Gasteiger partial charge in [0.2, 0.25) is 0 Å². The Labute approximate surface area is 101 Å². The van der Waals surface area contributed by atoms with Crippen molar-refractivity contribution in [2.24, 2.45) is 0 Å². The maximum atomic E-state index is 11.7. The minimum atomic E-state index is -5.02. The quantitative estimate of drug-likeness (QED) is 0.395. The van der Waals surface area contributed by atoms with E-state index in [2.05, 4.69) is 16.1 Å². The topological polar surface area (TPSA) is 61.8 Å². The zero-order chi connectivity index (χ0) is 14.2. The molecule has 104 valence electrons. The van der Waals surface area contributed by atoms with Gasteiger partial charge in [0.05, 0.1) is 25.4 Å². The van der Waals surface area contributed by atoms with Crippen molar-refractivity contribution < 1.29 is 37.0 Å². The van der Waals surface area contributed by atoms with Crippen LogP contribution >= 0.6 is 0 Å². The summed E-state index contributed by atoms with van der Waals surface area (Å²) in [6.45, 7) is 4.11. The van der Waals surface area contributed by atoms with Crippen molar-refractivity contribution in [3.05, 3.63) is 12.2 Å². The van der Waals surface area contributed by atoms with Crippen LogP contribution < -0.4 is 0 Å². The van der Waals surface area contributed by atoms with Gasteiger partial charge in [-0.2, -0.15) is 13.2 Å². The zero-order valence-corrected chi connectivity index (χ0v) is 9.71. The molecule has 0 aromatic heterocycles. The van der Waals surface area contributed by atoms with E-state index >= 15 is 0 Å². The van der Waals surface area contributed by atoms with Crippen LogP contribution in [-0.4, -0.2) is 44.5 Å². The number of carbonyl (C=O) groups excluding carboxylic acids is 2. The lowest BCUT2D eigenvalue weighted by molar-refractivity contribution is -0.200. The first-order chi connectivity index (χ1) is 8.29. The Morgan fingerprint density at radius 3 is 2.28 bits per heavy atom. The third-order valence-corrected chi connectivity index (χ3v) is 1.53. The van der Waals surface area contributed by atoms with Crippen molar-refractivity contribution in [2.45, 2.75) is 13.1 Å². The van der Waals surface area contributed by atoms with Crippen molar-refractivity contribution in [1.29, 1.82) is 0 Å². The van der Waals surface area contributed by atoms with Crippen LogP contribution in [0.25, 0.3) is 0 Å². The van der Waals surface area contributed by atoms with E-state index in [0.29, 0.717) is 0 Å². The van der Waals surface area contributed by atoms with Crippen molar-refractivity contribution in [3.63, 3.8) is 0 Å². The Kier molecular flexibility index (Phi) is 7.03. The molecule has 0 heterocycles. The van der Waals surface area contributed by atoms with E-state index in [0.717, 1.165) is 0 Å². The Morgan fingerprint density at radius 2 is 1.78 bits per heavy atom. The van der Waals surface area contributed by atoms with Crippen LogP contribution in [0.4, 0.5) is 13.2 Å². The van der Waals surface area contributed by atoms with Crippen molar-refractivity contribution in [1.82, 2.24) is 0 Å². The highest BCUT2D eigenvalue weighted by Gasteiger charge is 2.40. The van der Waals surface area contributed by atoms with E-state index in [9.17, 15) is 22.8 Å². The molecule has 0 aliphatic heterocycles. The molecule has 0 atom stereocenters. The summed E-state index contributed by atoms with van der Waals surface area (Å²) in [4.78, 5) is 21.3. The van der Waals surface area contributed by atoms with Crippen molar-refractivity contribution in [3.8, 4) is 0 Å². The summed E-state index contributed by atoms with van der Waals surface area (Å²) < 4.78 is 48.3. The first-order valence-corrected chi connectivity index (χ1v) is 4.95. The smallest absolute Gasteiger partial charge is 0.463 e. The van der Waals surface area contributed by atoms with Gasteiger partial charge in [0.25, 0.3) is 0 Å². The molecular weight excluding hydrogens is 257 g/mol. The Balaban J connectivity index is 3.66. The molecule has 0 N–H and O–H groups in total. The van der Waals surface area contributed by atoms with E-state index < -0.39 is 24.7 Å². The molecular formula is C10H13F3O5. The molecule has 0 aliphatic carbocycles. The van der Waals surface area contributed by atoms with Gasteiger partial charge < -0.3 is 14.2 Å².